The van der Waals surface area contributed by atoms with Gasteiger partial charge in [-0.15, -0.1) is 0 Å². The maximum atomic E-state index is 10.2. The Bertz CT molecular complexity index is 118. The Labute approximate surface area is 61.6 Å². The van der Waals surface area contributed by atoms with Crippen LogP contribution in [0.4, 0.5) is 0 Å². The third kappa shape index (κ3) is 5.50. The molecule has 0 spiro atoms. The average Bonchev–Trinajstić information content (AvgIpc) is 1.83. The molecule has 9 heavy (non-hydrogen) atoms. The first-order valence-electron chi connectivity index (χ1n) is 3.06. The lowest BCUT2D eigenvalue weighted by molar-refractivity contribution is -0.106. The molecule has 0 aliphatic heterocycles. The molecule has 0 aromatic heterocycles. The molecule has 1 atom stereocenters. The minimum absolute atomic E-state index is 0.282. The molecule has 0 bridgehead atoms. The van der Waals surface area contributed by atoms with Gasteiger partial charge in [-0.25, -0.2) is 0 Å². The fourth-order valence-corrected chi connectivity index (χ4v) is 0.457. The average molecular weight is 143 g/mol. The molecule has 0 aliphatic carbocycles. The zero-order valence-corrected chi connectivity index (χ0v) is 6.57. The molecule has 2 heteroatoms. The van der Waals surface area contributed by atoms with Gasteiger partial charge in [0.1, 0.15) is 0 Å². The van der Waals surface area contributed by atoms with Crippen LogP contribution in [0.3, 0.4) is 0 Å². The van der Waals surface area contributed by atoms with Crippen LogP contribution in [0.25, 0.3) is 0 Å². The number of carbonyl (C=O) groups is 1. The van der Waals surface area contributed by atoms with Crippen molar-refractivity contribution in [2.24, 2.45) is 5.92 Å². The first kappa shape index (κ1) is 8.63. The van der Waals surface area contributed by atoms with Gasteiger partial charge in [0.05, 0.1) is 0 Å². The predicted molar refractivity (Wildman–Crippen MR) is 41.2 cm³/mol. The van der Waals surface area contributed by atoms with Gasteiger partial charge in [0.25, 0.3) is 0 Å². The molecule has 0 saturated carbocycles. The smallest absolute Gasteiger partial charge is 0.241 e. The second kappa shape index (κ2) is 4.50. The molecule has 0 rings (SSSR count). The second-order valence-electron chi connectivity index (χ2n) is 2.06. The SMILES string of the molecule is CCC(C)/C=C/C(=O)[S]. The Morgan fingerprint density at radius 1 is 1.78 bits per heavy atom. The molecular formula is C7H11OS. The Morgan fingerprint density at radius 3 is 2.67 bits per heavy atom. The number of carbonyl (C=O) groups excluding carboxylic acids is 1. The Morgan fingerprint density at radius 2 is 2.33 bits per heavy atom. The summed E-state index contributed by atoms with van der Waals surface area (Å²) in [6, 6.07) is 0. The lowest BCUT2D eigenvalue weighted by atomic mass is 10.1. The molecule has 51 valence electrons. The minimum atomic E-state index is -0.282. The van der Waals surface area contributed by atoms with Crippen LogP contribution in [0.2, 0.25) is 0 Å². The quantitative estimate of drug-likeness (QED) is 0.554. The molecule has 1 unspecified atom stereocenters. The predicted octanol–water partition coefficient (Wildman–Crippen LogP) is 2.31. The van der Waals surface area contributed by atoms with Crippen molar-refractivity contribution in [3.05, 3.63) is 12.2 Å². The highest BCUT2D eigenvalue weighted by atomic mass is 32.1. The van der Waals surface area contributed by atoms with Crippen molar-refractivity contribution in [1.29, 1.82) is 0 Å². The van der Waals surface area contributed by atoms with Crippen LogP contribution in [-0.2, 0) is 4.79 Å². The summed E-state index contributed by atoms with van der Waals surface area (Å²) < 4.78 is 0. The maximum absolute atomic E-state index is 10.2. The van der Waals surface area contributed by atoms with E-state index in [1.807, 2.05) is 6.08 Å². The number of allylic oxidation sites excluding steroid dienone is 1. The monoisotopic (exact) mass is 143 g/mol. The molecule has 1 radical (unpaired) electrons. The van der Waals surface area contributed by atoms with Crippen molar-refractivity contribution in [3.8, 4) is 0 Å². The van der Waals surface area contributed by atoms with E-state index in [-0.39, 0.29) is 5.12 Å². The van der Waals surface area contributed by atoms with Gasteiger partial charge in [0, 0.05) is 0 Å². The molecule has 0 heterocycles. The van der Waals surface area contributed by atoms with E-state index in [4.69, 9.17) is 0 Å². The van der Waals surface area contributed by atoms with E-state index in [9.17, 15) is 4.79 Å². The number of rotatable bonds is 3. The zero-order valence-electron chi connectivity index (χ0n) is 5.76. The summed E-state index contributed by atoms with van der Waals surface area (Å²) in [4.78, 5) is 10.2. The lowest BCUT2D eigenvalue weighted by Gasteiger charge is -1.96. The third-order valence-electron chi connectivity index (χ3n) is 1.20. The van der Waals surface area contributed by atoms with Crippen LogP contribution in [0.15, 0.2) is 12.2 Å². The van der Waals surface area contributed by atoms with Gasteiger partial charge in [-0.3, -0.25) is 4.79 Å². The van der Waals surface area contributed by atoms with Crippen LogP contribution >= 0.6 is 12.6 Å². The summed E-state index contributed by atoms with van der Waals surface area (Å²) in [7, 11) is 0. The van der Waals surface area contributed by atoms with Gasteiger partial charge >= 0.3 is 0 Å². The molecule has 0 aromatic carbocycles. The van der Waals surface area contributed by atoms with Crippen LogP contribution in [-0.4, -0.2) is 5.12 Å². The van der Waals surface area contributed by atoms with E-state index in [2.05, 4.69) is 26.5 Å². The zero-order chi connectivity index (χ0) is 7.28. The fraction of sp³-hybridized carbons (Fsp3) is 0.571. The summed E-state index contributed by atoms with van der Waals surface area (Å²) in [6.07, 6.45) is 4.35. The molecule has 0 aliphatic rings. The highest BCUT2D eigenvalue weighted by molar-refractivity contribution is 7.97. The van der Waals surface area contributed by atoms with Gasteiger partial charge in [-0.1, -0.05) is 26.3 Å². The van der Waals surface area contributed by atoms with E-state index in [0.29, 0.717) is 5.92 Å². The topological polar surface area (TPSA) is 17.1 Å². The van der Waals surface area contributed by atoms with E-state index in [0.717, 1.165) is 6.42 Å². The highest BCUT2D eigenvalue weighted by Crippen LogP contribution is 2.01. The summed E-state index contributed by atoms with van der Waals surface area (Å²) >= 11 is 4.32. The molecule has 0 N–H and O–H groups in total. The van der Waals surface area contributed by atoms with Gasteiger partial charge < -0.3 is 0 Å². The van der Waals surface area contributed by atoms with Crippen molar-refractivity contribution < 1.29 is 4.79 Å². The highest BCUT2D eigenvalue weighted by Gasteiger charge is 1.91. The molecule has 0 saturated heterocycles. The summed E-state index contributed by atoms with van der Waals surface area (Å²) in [6.45, 7) is 4.12. The van der Waals surface area contributed by atoms with Crippen LogP contribution < -0.4 is 0 Å². The van der Waals surface area contributed by atoms with Gasteiger partial charge in [0.15, 0.2) is 0 Å². The first-order valence-corrected chi connectivity index (χ1v) is 3.46. The van der Waals surface area contributed by atoms with Gasteiger partial charge in [-0.2, -0.15) is 0 Å². The third-order valence-corrected chi connectivity index (χ3v) is 1.34. The van der Waals surface area contributed by atoms with Crippen molar-refractivity contribution in [2.45, 2.75) is 20.3 Å². The number of hydrogen-bond acceptors (Lipinski definition) is 1. The second-order valence-corrected chi connectivity index (χ2v) is 2.47. The summed E-state index contributed by atoms with van der Waals surface area (Å²) in [5.74, 6) is 0.469. The molecule has 0 aromatic rings. The standard InChI is InChI=1S/C7H11OS/c1-3-6(2)4-5-7(8)9/h4-6H,3H2,1-2H3/b5-4+. The summed E-state index contributed by atoms with van der Waals surface area (Å²) in [5, 5.41) is -0.282. The van der Waals surface area contributed by atoms with E-state index in [1.54, 1.807) is 0 Å². The minimum Gasteiger partial charge on any atom is -0.277 e. The Kier molecular flexibility index (Phi) is 4.32. The van der Waals surface area contributed by atoms with Crippen molar-refractivity contribution in [2.75, 3.05) is 0 Å². The van der Waals surface area contributed by atoms with Crippen molar-refractivity contribution in [1.82, 2.24) is 0 Å². The van der Waals surface area contributed by atoms with E-state index in [1.165, 1.54) is 6.08 Å². The molecule has 1 nitrogen and oxygen atoms in total. The first-order chi connectivity index (χ1) is 4.16. The molecule has 0 amide bonds. The van der Waals surface area contributed by atoms with Crippen molar-refractivity contribution in [3.63, 3.8) is 0 Å². The molecule has 0 fully saturated rings. The van der Waals surface area contributed by atoms with Gasteiger partial charge in [0.2, 0.25) is 5.12 Å². The Balaban J connectivity index is 3.56. The lowest BCUT2D eigenvalue weighted by Crippen LogP contribution is -1.86. The summed E-state index contributed by atoms with van der Waals surface area (Å²) in [5.41, 5.74) is 0. The van der Waals surface area contributed by atoms with Crippen LogP contribution in [0.1, 0.15) is 20.3 Å². The van der Waals surface area contributed by atoms with E-state index >= 15 is 0 Å². The van der Waals surface area contributed by atoms with Crippen molar-refractivity contribution >= 4 is 17.7 Å². The number of hydrogen-bond donors (Lipinski definition) is 0. The normalized spacial score (nSPS) is 14.0. The van der Waals surface area contributed by atoms with Crippen LogP contribution in [0, 0.1) is 5.92 Å². The largest absolute Gasteiger partial charge is 0.277 e. The fourth-order valence-electron chi connectivity index (χ4n) is 0.379. The van der Waals surface area contributed by atoms with Gasteiger partial charge in [-0.05, 0) is 24.6 Å². The molecular weight excluding hydrogens is 132 g/mol. The Hall–Kier alpha value is -0.370. The van der Waals surface area contributed by atoms with Crippen LogP contribution in [0.5, 0.6) is 0 Å². The van der Waals surface area contributed by atoms with E-state index < -0.39 is 0 Å². The maximum Gasteiger partial charge on any atom is 0.241 e.